The molecule has 0 bridgehead atoms. The van der Waals surface area contributed by atoms with E-state index in [1.807, 2.05) is 0 Å². The van der Waals surface area contributed by atoms with Crippen molar-refractivity contribution in [3.63, 3.8) is 0 Å². The molecule has 0 saturated carbocycles. The molecule has 0 aliphatic carbocycles. The number of rotatable bonds is 5. The molecule has 18 heavy (non-hydrogen) atoms. The number of aliphatic hydroxyl groups excluding tert-OH is 2. The minimum Gasteiger partial charge on any atom is -0.466 e. The summed E-state index contributed by atoms with van der Waals surface area (Å²) < 4.78 is 4.68. The molecule has 4 N–H and O–H groups in total. The second-order valence-corrected chi connectivity index (χ2v) is 4.21. The van der Waals surface area contributed by atoms with Crippen molar-refractivity contribution in [2.24, 2.45) is 0 Å². The van der Waals surface area contributed by atoms with Crippen LogP contribution in [-0.2, 0) is 9.53 Å². The lowest BCUT2D eigenvalue weighted by Crippen LogP contribution is -2.23. The molecule has 0 aliphatic rings. The highest BCUT2D eigenvalue weighted by Crippen LogP contribution is 2.28. The maximum atomic E-state index is 11.2. The summed E-state index contributed by atoms with van der Waals surface area (Å²) in [5.74, 6) is -0.574. The first-order valence-electron chi connectivity index (χ1n) is 5.52. The Bertz CT molecular complexity index is 425. The van der Waals surface area contributed by atoms with Crippen LogP contribution in [-0.4, -0.2) is 28.9 Å². The van der Waals surface area contributed by atoms with E-state index in [1.54, 1.807) is 13.0 Å². The number of carbonyl (C=O) groups is 1. The standard InChI is InChI=1S/C12H16ClNO4/c1-2-18-11(16)6-10(15)12(17)8-4-3-7(14)5-9(8)13/h3-5,10,12,15,17H,2,6,14H2,1H3. The van der Waals surface area contributed by atoms with Crippen molar-refractivity contribution in [2.75, 3.05) is 12.3 Å². The summed E-state index contributed by atoms with van der Waals surface area (Å²) in [7, 11) is 0. The number of aliphatic hydroxyl groups is 2. The Morgan fingerprint density at radius 1 is 1.50 bits per heavy atom. The summed E-state index contributed by atoms with van der Waals surface area (Å²) in [6.45, 7) is 1.89. The smallest absolute Gasteiger partial charge is 0.308 e. The fraction of sp³-hybridized carbons (Fsp3) is 0.417. The molecule has 0 spiro atoms. The van der Waals surface area contributed by atoms with Crippen molar-refractivity contribution < 1.29 is 19.7 Å². The van der Waals surface area contributed by atoms with Crippen LogP contribution in [0.2, 0.25) is 5.02 Å². The molecule has 0 aromatic heterocycles. The number of esters is 1. The zero-order valence-electron chi connectivity index (χ0n) is 9.97. The number of hydrogen-bond donors (Lipinski definition) is 3. The largest absolute Gasteiger partial charge is 0.466 e. The van der Waals surface area contributed by atoms with Gasteiger partial charge in [-0.2, -0.15) is 0 Å². The van der Waals surface area contributed by atoms with Crippen molar-refractivity contribution in [2.45, 2.75) is 25.6 Å². The molecule has 1 aromatic rings. The molecular formula is C12H16ClNO4. The second-order valence-electron chi connectivity index (χ2n) is 3.80. The molecule has 5 nitrogen and oxygen atoms in total. The van der Waals surface area contributed by atoms with Crippen molar-refractivity contribution in [1.82, 2.24) is 0 Å². The Hall–Kier alpha value is -1.30. The molecule has 0 saturated heterocycles. The van der Waals surface area contributed by atoms with Crippen LogP contribution >= 0.6 is 11.6 Å². The zero-order chi connectivity index (χ0) is 13.7. The molecule has 1 aromatic carbocycles. The van der Waals surface area contributed by atoms with E-state index in [4.69, 9.17) is 17.3 Å². The first-order valence-corrected chi connectivity index (χ1v) is 5.90. The Balaban J connectivity index is 2.73. The van der Waals surface area contributed by atoms with Crippen LogP contribution < -0.4 is 5.73 Å². The van der Waals surface area contributed by atoms with Gasteiger partial charge in [-0.3, -0.25) is 4.79 Å². The number of carbonyl (C=O) groups excluding carboxylic acids is 1. The molecule has 2 atom stereocenters. The third kappa shape index (κ3) is 3.87. The second kappa shape index (κ2) is 6.58. The average molecular weight is 274 g/mol. The van der Waals surface area contributed by atoms with E-state index in [0.29, 0.717) is 11.3 Å². The number of halogens is 1. The molecule has 0 radical (unpaired) electrons. The van der Waals surface area contributed by atoms with E-state index in [-0.39, 0.29) is 18.1 Å². The first kappa shape index (κ1) is 14.8. The van der Waals surface area contributed by atoms with Gasteiger partial charge in [0.05, 0.1) is 19.1 Å². The van der Waals surface area contributed by atoms with Gasteiger partial charge in [0.25, 0.3) is 0 Å². The Morgan fingerprint density at radius 3 is 2.72 bits per heavy atom. The van der Waals surface area contributed by atoms with E-state index >= 15 is 0 Å². The first-order chi connectivity index (χ1) is 8.45. The molecule has 0 fully saturated rings. The molecule has 1 rings (SSSR count). The number of nitrogens with two attached hydrogens (primary N) is 1. The number of nitrogen functional groups attached to an aromatic ring is 1. The average Bonchev–Trinajstić information content (AvgIpc) is 2.28. The van der Waals surface area contributed by atoms with Crippen LogP contribution in [0.3, 0.4) is 0 Å². The van der Waals surface area contributed by atoms with Crippen LogP contribution in [0, 0.1) is 0 Å². The minimum absolute atomic E-state index is 0.226. The Labute approximate surface area is 110 Å². The van der Waals surface area contributed by atoms with Crippen molar-refractivity contribution in [3.05, 3.63) is 28.8 Å². The van der Waals surface area contributed by atoms with Gasteiger partial charge in [-0.15, -0.1) is 0 Å². The van der Waals surface area contributed by atoms with E-state index in [1.165, 1.54) is 12.1 Å². The van der Waals surface area contributed by atoms with Gasteiger partial charge in [-0.05, 0) is 19.1 Å². The molecule has 0 heterocycles. The van der Waals surface area contributed by atoms with E-state index in [9.17, 15) is 15.0 Å². The molecule has 2 unspecified atom stereocenters. The van der Waals surface area contributed by atoms with Crippen LogP contribution in [0.4, 0.5) is 5.69 Å². The van der Waals surface area contributed by atoms with Gasteiger partial charge < -0.3 is 20.7 Å². The van der Waals surface area contributed by atoms with Crippen LogP contribution in [0.25, 0.3) is 0 Å². The highest BCUT2D eigenvalue weighted by molar-refractivity contribution is 6.31. The van der Waals surface area contributed by atoms with E-state index < -0.39 is 18.2 Å². The van der Waals surface area contributed by atoms with E-state index in [0.717, 1.165) is 0 Å². The highest BCUT2D eigenvalue weighted by atomic mass is 35.5. The third-order valence-corrected chi connectivity index (χ3v) is 2.72. The maximum Gasteiger partial charge on any atom is 0.308 e. The Morgan fingerprint density at radius 2 is 2.17 bits per heavy atom. The van der Waals surface area contributed by atoms with E-state index in [2.05, 4.69) is 4.74 Å². The summed E-state index contributed by atoms with van der Waals surface area (Å²) in [4.78, 5) is 11.2. The van der Waals surface area contributed by atoms with Gasteiger partial charge in [0.15, 0.2) is 0 Å². The SMILES string of the molecule is CCOC(=O)CC(O)C(O)c1ccc(N)cc1Cl. The van der Waals surface area contributed by atoms with Crippen molar-refractivity contribution >= 4 is 23.3 Å². The lowest BCUT2D eigenvalue weighted by Gasteiger charge is -2.18. The maximum absolute atomic E-state index is 11.2. The van der Waals surface area contributed by atoms with Crippen LogP contribution in [0.1, 0.15) is 25.0 Å². The lowest BCUT2D eigenvalue weighted by atomic mass is 10.0. The minimum atomic E-state index is -1.27. The quantitative estimate of drug-likeness (QED) is 0.555. The fourth-order valence-electron chi connectivity index (χ4n) is 1.49. The number of ether oxygens (including phenoxy) is 1. The fourth-order valence-corrected chi connectivity index (χ4v) is 1.79. The van der Waals surface area contributed by atoms with Gasteiger partial charge in [0.2, 0.25) is 0 Å². The normalized spacial score (nSPS) is 14.0. The van der Waals surface area contributed by atoms with Gasteiger partial charge in [0.1, 0.15) is 6.10 Å². The predicted octanol–water partition coefficient (Wildman–Crippen LogP) is 1.27. The van der Waals surface area contributed by atoms with Gasteiger partial charge in [-0.1, -0.05) is 17.7 Å². The predicted molar refractivity (Wildman–Crippen MR) is 68.1 cm³/mol. The highest BCUT2D eigenvalue weighted by Gasteiger charge is 2.23. The summed E-state index contributed by atoms with van der Waals surface area (Å²) in [6, 6.07) is 4.54. The van der Waals surface area contributed by atoms with Gasteiger partial charge in [-0.25, -0.2) is 0 Å². The summed E-state index contributed by atoms with van der Waals surface area (Å²) in [5.41, 5.74) is 6.30. The topological polar surface area (TPSA) is 92.8 Å². The Kier molecular flexibility index (Phi) is 5.40. The van der Waals surface area contributed by atoms with Crippen LogP contribution in [0.5, 0.6) is 0 Å². The summed E-state index contributed by atoms with van der Waals surface area (Å²) >= 11 is 5.90. The van der Waals surface area contributed by atoms with Gasteiger partial charge in [0, 0.05) is 16.3 Å². The number of benzene rings is 1. The number of hydrogen-bond acceptors (Lipinski definition) is 5. The molecule has 6 heteroatoms. The molecular weight excluding hydrogens is 258 g/mol. The lowest BCUT2D eigenvalue weighted by molar-refractivity contribution is -0.147. The number of anilines is 1. The molecule has 100 valence electrons. The van der Waals surface area contributed by atoms with Crippen molar-refractivity contribution in [3.8, 4) is 0 Å². The molecule has 0 amide bonds. The monoisotopic (exact) mass is 273 g/mol. The van der Waals surface area contributed by atoms with Crippen molar-refractivity contribution in [1.29, 1.82) is 0 Å². The van der Waals surface area contributed by atoms with Crippen LogP contribution in [0.15, 0.2) is 18.2 Å². The zero-order valence-corrected chi connectivity index (χ0v) is 10.7. The molecule has 0 aliphatic heterocycles. The van der Waals surface area contributed by atoms with Gasteiger partial charge >= 0.3 is 5.97 Å². The summed E-state index contributed by atoms with van der Waals surface area (Å²) in [6.07, 6.45) is -2.83. The summed E-state index contributed by atoms with van der Waals surface area (Å²) in [5, 5.41) is 19.9. The third-order valence-electron chi connectivity index (χ3n) is 2.39.